The van der Waals surface area contributed by atoms with Gasteiger partial charge in [0.05, 0.1) is 6.10 Å². The van der Waals surface area contributed by atoms with Gasteiger partial charge in [0, 0.05) is 12.0 Å². The molecular formula is C15H31NO. The summed E-state index contributed by atoms with van der Waals surface area (Å²) in [4.78, 5) is 0. The Morgan fingerprint density at radius 1 is 1.06 bits per heavy atom. The Balaban J connectivity index is 2.69. The summed E-state index contributed by atoms with van der Waals surface area (Å²) in [5, 5.41) is 10.7. The predicted octanol–water partition coefficient (Wildman–Crippen LogP) is 3.33. The monoisotopic (exact) mass is 241 g/mol. The molecule has 2 heteroatoms. The lowest BCUT2D eigenvalue weighted by Crippen LogP contribution is -2.45. The lowest BCUT2D eigenvalue weighted by Gasteiger charge is -2.40. The molecule has 0 saturated heterocycles. The van der Waals surface area contributed by atoms with E-state index in [-0.39, 0.29) is 11.5 Å². The smallest absolute Gasteiger partial charge is 0.0634 e. The van der Waals surface area contributed by atoms with E-state index in [0.717, 1.165) is 19.3 Å². The zero-order valence-corrected chi connectivity index (χ0v) is 11.9. The zero-order valence-electron chi connectivity index (χ0n) is 11.9. The lowest BCUT2D eigenvalue weighted by atomic mass is 9.70. The number of nitrogens with two attached hydrogens (primary N) is 1. The summed E-state index contributed by atoms with van der Waals surface area (Å²) >= 11 is 0. The van der Waals surface area contributed by atoms with Crippen molar-refractivity contribution in [1.29, 1.82) is 0 Å². The van der Waals surface area contributed by atoms with Crippen molar-refractivity contribution in [2.24, 2.45) is 23.0 Å². The summed E-state index contributed by atoms with van der Waals surface area (Å²) in [5.74, 6) is 1.02. The zero-order chi connectivity index (χ0) is 12.9. The molecule has 2 nitrogen and oxygen atoms in total. The van der Waals surface area contributed by atoms with Gasteiger partial charge in [-0.3, -0.25) is 0 Å². The molecule has 17 heavy (non-hydrogen) atoms. The SMILES string of the molecule is CC(C)CC(C)C(O)C1(CN)CCCCCC1. The van der Waals surface area contributed by atoms with Gasteiger partial charge in [-0.25, -0.2) is 0 Å². The van der Waals surface area contributed by atoms with Crippen molar-refractivity contribution < 1.29 is 5.11 Å². The Kier molecular flexibility index (Phi) is 5.94. The summed E-state index contributed by atoms with van der Waals surface area (Å²) in [6.07, 6.45) is 8.22. The first-order chi connectivity index (χ1) is 8.02. The molecule has 0 aromatic rings. The van der Waals surface area contributed by atoms with Crippen molar-refractivity contribution in [3.05, 3.63) is 0 Å². The molecule has 1 aliphatic carbocycles. The van der Waals surface area contributed by atoms with Gasteiger partial charge in [-0.15, -0.1) is 0 Å². The molecule has 0 aromatic heterocycles. The summed E-state index contributed by atoms with van der Waals surface area (Å²) < 4.78 is 0. The summed E-state index contributed by atoms with van der Waals surface area (Å²) in [7, 11) is 0. The Morgan fingerprint density at radius 2 is 1.59 bits per heavy atom. The van der Waals surface area contributed by atoms with Crippen LogP contribution in [0.1, 0.15) is 65.7 Å². The molecule has 0 aliphatic heterocycles. The normalized spacial score (nSPS) is 24.4. The third kappa shape index (κ3) is 3.96. The van der Waals surface area contributed by atoms with Crippen LogP contribution >= 0.6 is 0 Å². The second-order valence-electron chi connectivity index (χ2n) is 6.53. The van der Waals surface area contributed by atoms with E-state index in [1.54, 1.807) is 0 Å². The quantitative estimate of drug-likeness (QED) is 0.725. The molecule has 1 rings (SSSR count). The average Bonchev–Trinajstić information content (AvgIpc) is 2.53. The highest BCUT2D eigenvalue weighted by atomic mass is 16.3. The highest BCUT2D eigenvalue weighted by molar-refractivity contribution is 4.91. The van der Waals surface area contributed by atoms with Gasteiger partial charge < -0.3 is 10.8 Å². The molecule has 1 saturated carbocycles. The second-order valence-corrected chi connectivity index (χ2v) is 6.53. The first kappa shape index (κ1) is 15.0. The van der Waals surface area contributed by atoms with Gasteiger partial charge in [0.25, 0.3) is 0 Å². The van der Waals surface area contributed by atoms with E-state index in [2.05, 4.69) is 20.8 Å². The van der Waals surface area contributed by atoms with Crippen molar-refractivity contribution >= 4 is 0 Å². The van der Waals surface area contributed by atoms with Gasteiger partial charge >= 0.3 is 0 Å². The van der Waals surface area contributed by atoms with Crippen LogP contribution in [0.3, 0.4) is 0 Å². The summed E-state index contributed by atoms with van der Waals surface area (Å²) in [6, 6.07) is 0. The summed E-state index contributed by atoms with van der Waals surface area (Å²) in [5.41, 5.74) is 6.02. The lowest BCUT2D eigenvalue weighted by molar-refractivity contribution is -0.0248. The van der Waals surface area contributed by atoms with Gasteiger partial charge in [-0.05, 0) is 31.1 Å². The van der Waals surface area contributed by atoms with E-state index in [9.17, 15) is 5.11 Å². The third-order valence-electron chi connectivity index (χ3n) is 4.52. The first-order valence-corrected chi connectivity index (χ1v) is 7.40. The molecule has 3 N–H and O–H groups in total. The number of hydrogen-bond donors (Lipinski definition) is 2. The second kappa shape index (κ2) is 6.75. The maximum absolute atomic E-state index is 10.7. The molecule has 2 atom stereocenters. The van der Waals surface area contributed by atoms with E-state index in [1.165, 1.54) is 25.7 Å². The Labute approximate surface area is 107 Å². The van der Waals surface area contributed by atoms with Crippen molar-refractivity contribution in [3.63, 3.8) is 0 Å². The minimum absolute atomic E-state index is 0.00477. The molecule has 0 bridgehead atoms. The van der Waals surface area contributed by atoms with Crippen molar-refractivity contribution in [2.75, 3.05) is 6.54 Å². The van der Waals surface area contributed by atoms with Crippen LogP contribution in [0.5, 0.6) is 0 Å². The number of aliphatic hydroxyl groups excluding tert-OH is 1. The molecule has 2 unspecified atom stereocenters. The largest absolute Gasteiger partial charge is 0.392 e. The molecule has 0 aromatic carbocycles. The molecule has 0 heterocycles. The molecule has 102 valence electrons. The van der Waals surface area contributed by atoms with Crippen LogP contribution in [0.25, 0.3) is 0 Å². The van der Waals surface area contributed by atoms with Crippen LogP contribution in [0, 0.1) is 17.3 Å². The fraction of sp³-hybridized carbons (Fsp3) is 1.00. The third-order valence-corrected chi connectivity index (χ3v) is 4.52. The fourth-order valence-electron chi connectivity index (χ4n) is 3.53. The Hall–Kier alpha value is -0.0800. The number of hydrogen-bond acceptors (Lipinski definition) is 2. The van der Waals surface area contributed by atoms with E-state index in [1.807, 2.05) is 0 Å². The van der Waals surface area contributed by atoms with Crippen molar-refractivity contribution in [1.82, 2.24) is 0 Å². The highest BCUT2D eigenvalue weighted by Crippen LogP contribution is 2.40. The molecular weight excluding hydrogens is 210 g/mol. The van der Waals surface area contributed by atoms with E-state index < -0.39 is 0 Å². The highest BCUT2D eigenvalue weighted by Gasteiger charge is 2.39. The van der Waals surface area contributed by atoms with Gasteiger partial charge in [0.15, 0.2) is 0 Å². The van der Waals surface area contributed by atoms with Crippen LogP contribution < -0.4 is 5.73 Å². The van der Waals surface area contributed by atoms with E-state index in [0.29, 0.717) is 18.4 Å². The maximum Gasteiger partial charge on any atom is 0.0634 e. The molecule has 1 fully saturated rings. The van der Waals surface area contributed by atoms with Gasteiger partial charge in [-0.2, -0.15) is 0 Å². The van der Waals surface area contributed by atoms with E-state index in [4.69, 9.17) is 5.73 Å². The van der Waals surface area contributed by atoms with Gasteiger partial charge in [0.2, 0.25) is 0 Å². The van der Waals surface area contributed by atoms with Crippen LogP contribution in [0.15, 0.2) is 0 Å². The first-order valence-electron chi connectivity index (χ1n) is 7.40. The number of aliphatic hydroxyl groups is 1. The van der Waals surface area contributed by atoms with Crippen molar-refractivity contribution in [2.45, 2.75) is 71.8 Å². The molecule has 0 spiro atoms. The average molecular weight is 241 g/mol. The minimum atomic E-state index is -0.215. The standard InChI is InChI=1S/C15H31NO/c1-12(2)10-13(3)14(17)15(11-16)8-6-4-5-7-9-15/h12-14,17H,4-11,16H2,1-3H3. The van der Waals surface area contributed by atoms with Crippen LogP contribution in [0.2, 0.25) is 0 Å². The number of rotatable bonds is 5. The molecule has 1 aliphatic rings. The van der Waals surface area contributed by atoms with Crippen LogP contribution in [0.4, 0.5) is 0 Å². The van der Waals surface area contributed by atoms with Gasteiger partial charge in [-0.1, -0.05) is 46.5 Å². The van der Waals surface area contributed by atoms with Gasteiger partial charge in [0.1, 0.15) is 0 Å². The molecule has 0 amide bonds. The Morgan fingerprint density at radius 3 is 2.00 bits per heavy atom. The minimum Gasteiger partial charge on any atom is -0.392 e. The van der Waals surface area contributed by atoms with Crippen molar-refractivity contribution in [3.8, 4) is 0 Å². The molecule has 0 radical (unpaired) electrons. The summed E-state index contributed by atoms with van der Waals surface area (Å²) in [6.45, 7) is 7.29. The maximum atomic E-state index is 10.7. The van der Waals surface area contributed by atoms with Crippen LogP contribution in [-0.4, -0.2) is 17.8 Å². The van der Waals surface area contributed by atoms with Crippen LogP contribution in [-0.2, 0) is 0 Å². The predicted molar refractivity (Wildman–Crippen MR) is 73.8 cm³/mol. The Bertz CT molecular complexity index is 207. The fourth-order valence-corrected chi connectivity index (χ4v) is 3.53. The topological polar surface area (TPSA) is 46.2 Å². The van der Waals surface area contributed by atoms with E-state index >= 15 is 0 Å².